The zero-order chi connectivity index (χ0) is 16.1. The van der Waals surface area contributed by atoms with Crippen molar-refractivity contribution in [2.75, 3.05) is 19.0 Å². The Morgan fingerprint density at radius 1 is 1.22 bits per heavy atom. The minimum atomic E-state index is -0.183. The SMILES string of the molecule is COCC(=O)Nc1cccc(-c2csc(-c3ccccn3)n2)c1. The second kappa shape index (κ2) is 7.13. The summed E-state index contributed by atoms with van der Waals surface area (Å²) in [5.74, 6) is -0.183. The third-order valence-electron chi connectivity index (χ3n) is 3.11. The van der Waals surface area contributed by atoms with Gasteiger partial charge in [0.25, 0.3) is 0 Å². The van der Waals surface area contributed by atoms with E-state index in [4.69, 9.17) is 4.74 Å². The van der Waals surface area contributed by atoms with E-state index >= 15 is 0 Å². The van der Waals surface area contributed by atoms with Gasteiger partial charge in [0, 0.05) is 29.9 Å². The van der Waals surface area contributed by atoms with Gasteiger partial charge in [-0.25, -0.2) is 4.98 Å². The van der Waals surface area contributed by atoms with Gasteiger partial charge >= 0.3 is 0 Å². The minimum absolute atomic E-state index is 0.0325. The van der Waals surface area contributed by atoms with Gasteiger partial charge in [0.05, 0.1) is 11.4 Å². The van der Waals surface area contributed by atoms with Crippen LogP contribution in [0.25, 0.3) is 22.0 Å². The van der Waals surface area contributed by atoms with Crippen molar-refractivity contribution in [1.29, 1.82) is 0 Å². The lowest BCUT2D eigenvalue weighted by molar-refractivity contribution is -0.119. The summed E-state index contributed by atoms with van der Waals surface area (Å²) in [6, 6.07) is 13.3. The van der Waals surface area contributed by atoms with Gasteiger partial charge in [-0.05, 0) is 24.3 Å². The lowest BCUT2D eigenvalue weighted by Gasteiger charge is -2.05. The Morgan fingerprint density at radius 3 is 2.91 bits per heavy atom. The van der Waals surface area contributed by atoms with Gasteiger partial charge < -0.3 is 10.1 Å². The fourth-order valence-electron chi connectivity index (χ4n) is 2.10. The first-order valence-corrected chi connectivity index (χ1v) is 7.90. The zero-order valence-electron chi connectivity index (χ0n) is 12.5. The quantitative estimate of drug-likeness (QED) is 0.780. The molecule has 0 saturated carbocycles. The van der Waals surface area contributed by atoms with Crippen molar-refractivity contribution in [1.82, 2.24) is 9.97 Å². The molecule has 0 spiro atoms. The molecule has 1 amide bonds. The van der Waals surface area contributed by atoms with E-state index in [0.717, 1.165) is 27.6 Å². The van der Waals surface area contributed by atoms with E-state index in [1.807, 2.05) is 47.8 Å². The number of amides is 1. The standard InChI is InChI=1S/C17H15N3O2S/c1-22-10-16(21)19-13-6-4-5-12(9-13)15-11-23-17(20-15)14-7-2-3-8-18-14/h2-9,11H,10H2,1H3,(H,19,21). The second-order valence-corrected chi connectivity index (χ2v) is 5.67. The molecule has 0 radical (unpaired) electrons. The monoisotopic (exact) mass is 325 g/mol. The summed E-state index contributed by atoms with van der Waals surface area (Å²) >= 11 is 1.54. The molecule has 0 aliphatic heterocycles. The van der Waals surface area contributed by atoms with E-state index in [2.05, 4.69) is 15.3 Å². The Morgan fingerprint density at radius 2 is 2.13 bits per heavy atom. The predicted molar refractivity (Wildman–Crippen MR) is 91.3 cm³/mol. The van der Waals surface area contributed by atoms with Gasteiger partial charge in [0.15, 0.2) is 0 Å². The molecular weight excluding hydrogens is 310 g/mol. The van der Waals surface area contributed by atoms with Crippen molar-refractivity contribution in [3.05, 3.63) is 54.0 Å². The van der Waals surface area contributed by atoms with Crippen LogP contribution in [0.3, 0.4) is 0 Å². The number of pyridine rings is 1. The van der Waals surface area contributed by atoms with Crippen LogP contribution in [0.5, 0.6) is 0 Å². The summed E-state index contributed by atoms with van der Waals surface area (Å²) in [6.07, 6.45) is 1.75. The Hall–Kier alpha value is -2.57. The highest BCUT2D eigenvalue weighted by Gasteiger charge is 2.08. The van der Waals surface area contributed by atoms with Gasteiger partial charge in [0.2, 0.25) is 5.91 Å². The molecule has 0 unspecified atom stereocenters. The number of rotatable bonds is 5. The summed E-state index contributed by atoms with van der Waals surface area (Å²) in [4.78, 5) is 20.5. The average Bonchev–Trinajstić information content (AvgIpc) is 3.06. The highest BCUT2D eigenvalue weighted by Crippen LogP contribution is 2.28. The van der Waals surface area contributed by atoms with Gasteiger partial charge in [-0.1, -0.05) is 18.2 Å². The maximum atomic E-state index is 11.6. The highest BCUT2D eigenvalue weighted by molar-refractivity contribution is 7.13. The number of anilines is 1. The van der Waals surface area contributed by atoms with Crippen molar-refractivity contribution < 1.29 is 9.53 Å². The highest BCUT2D eigenvalue weighted by atomic mass is 32.1. The second-order valence-electron chi connectivity index (χ2n) is 4.81. The number of hydrogen-bond donors (Lipinski definition) is 1. The molecule has 2 aromatic heterocycles. The molecular formula is C17H15N3O2S. The maximum Gasteiger partial charge on any atom is 0.250 e. The smallest absolute Gasteiger partial charge is 0.250 e. The third kappa shape index (κ3) is 3.80. The summed E-state index contributed by atoms with van der Waals surface area (Å²) in [5, 5.41) is 5.65. The van der Waals surface area contributed by atoms with Crippen LogP contribution in [-0.4, -0.2) is 29.6 Å². The number of benzene rings is 1. The number of carbonyl (C=O) groups excluding carboxylic acids is 1. The van der Waals surface area contributed by atoms with Crippen LogP contribution in [0.4, 0.5) is 5.69 Å². The van der Waals surface area contributed by atoms with Crippen molar-refractivity contribution in [3.63, 3.8) is 0 Å². The van der Waals surface area contributed by atoms with E-state index < -0.39 is 0 Å². The lowest BCUT2D eigenvalue weighted by atomic mass is 10.1. The van der Waals surface area contributed by atoms with Crippen LogP contribution in [0.1, 0.15) is 0 Å². The molecule has 0 atom stereocenters. The van der Waals surface area contributed by atoms with Crippen molar-refractivity contribution in [3.8, 4) is 22.0 Å². The zero-order valence-corrected chi connectivity index (χ0v) is 13.3. The number of nitrogens with zero attached hydrogens (tertiary/aromatic N) is 2. The molecule has 1 N–H and O–H groups in total. The van der Waals surface area contributed by atoms with E-state index in [-0.39, 0.29) is 12.5 Å². The fraction of sp³-hybridized carbons (Fsp3) is 0.118. The number of hydrogen-bond acceptors (Lipinski definition) is 5. The van der Waals surface area contributed by atoms with Crippen molar-refractivity contribution in [2.45, 2.75) is 0 Å². The van der Waals surface area contributed by atoms with Crippen LogP contribution >= 0.6 is 11.3 Å². The summed E-state index contributed by atoms with van der Waals surface area (Å²) in [5.41, 5.74) is 3.38. The Labute approximate surface area is 138 Å². The third-order valence-corrected chi connectivity index (χ3v) is 3.97. The maximum absolute atomic E-state index is 11.6. The molecule has 0 bridgehead atoms. The van der Waals surface area contributed by atoms with Crippen LogP contribution in [-0.2, 0) is 9.53 Å². The number of carbonyl (C=O) groups is 1. The number of aromatic nitrogens is 2. The molecule has 6 heteroatoms. The molecule has 3 rings (SSSR count). The topological polar surface area (TPSA) is 64.1 Å². The first-order valence-electron chi connectivity index (χ1n) is 7.02. The molecule has 5 nitrogen and oxygen atoms in total. The largest absolute Gasteiger partial charge is 0.375 e. The van der Waals surface area contributed by atoms with Gasteiger partial charge in [-0.3, -0.25) is 9.78 Å². The van der Waals surface area contributed by atoms with E-state index in [1.165, 1.54) is 7.11 Å². The van der Waals surface area contributed by atoms with Crippen LogP contribution in [0.15, 0.2) is 54.0 Å². The van der Waals surface area contributed by atoms with Crippen LogP contribution in [0, 0.1) is 0 Å². The summed E-state index contributed by atoms with van der Waals surface area (Å²) in [7, 11) is 1.49. The van der Waals surface area contributed by atoms with E-state index in [9.17, 15) is 4.79 Å². The Balaban J connectivity index is 1.82. The summed E-state index contributed by atoms with van der Waals surface area (Å²) in [6.45, 7) is 0.0325. The molecule has 0 fully saturated rings. The van der Waals surface area contributed by atoms with Gasteiger partial charge in [-0.15, -0.1) is 11.3 Å². The molecule has 0 aliphatic carbocycles. The summed E-state index contributed by atoms with van der Waals surface area (Å²) < 4.78 is 4.81. The molecule has 23 heavy (non-hydrogen) atoms. The normalized spacial score (nSPS) is 10.5. The van der Waals surface area contributed by atoms with Gasteiger partial charge in [-0.2, -0.15) is 0 Å². The van der Waals surface area contributed by atoms with E-state index in [0.29, 0.717) is 0 Å². The minimum Gasteiger partial charge on any atom is -0.375 e. The molecule has 116 valence electrons. The molecule has 2 heterocycles. The first kappa shape index (κ1) is 15.3. The van der Waals surface area contributed by atoms with Crippen molar-refractivity contribution >= 4 is 22.9 Å². The molecule has 0 aliphatic rings. The molecule has 0 saturated heterocycles. The number of ether oxygens (including phenoxy) is 1. The number of nitrogens with one attached hydrogen (secondary N) is 1. The Kier molecular flexibility index (Phi) is 4.75. The fourth-order valence-corrected chi connectivity index (χ4v) is 2.90. The lowest BCUT2D eigenvalue weighted by Crippen LogP contribution is -2.16. The Bertz CT molecular complexity index is 802. The molecule has 3 aromatic rings. The van der Waals surface area contributed by atoms with Crippen LogP contribution < -0.4 is 5.32 Å². The van der Waals surface area contributed by atoms with E-state index in [1.54, 1.807) is 17.5 Å². The average molecular weight is 325 g/mol. The number of thiazole rings is 1. The van der Waals surface area contributed by atoms with Gasteiger partial charge in [0.1, 0.15) is 11.6 Å². The molecule has 1 aromatic carbocycles. The van der Waals surface area contributed by atoms with Crippen LogP contribution in [0.2, 0.25) is 0 Å². The number of methoxy groups -OCH3 is 1. The van der Waals surface area contributed by atoms with Crippen molar-refractivity contribution in [2.24, 2.45) is 0 Å². The predicted octanol–water partition coefficient (Wildman–Crippen LogP) is 3.46. The first-order chi connectivity index (χ1) is 11.3.